The average molecular weight is 486 g/mol. The highest BCUT2D eigenvalue weighted by Gasteiger charge is 2.48. The first-order chi connectivity index (χ1) is 14.4. The number of aliphatic hydroxyl groups is 1. The molecule has 1 atom stereocenters. The molecule has 30 heavy (non-hydrogen) atoms. The summed E-state index contributed by atoms with van der Waals surface area (Å²) in [6, 6.07) is 11.2. The predicted molar refractivity (Wildman–Crippen MR) is 114 cm³/mol. The highest BCUT2D eigenvalue weighted by molar-refractivity contribution is 9.10. The van der Waals surface area contributed by atoms with Gasteiger partial charge in [-0.2, -0.15) is 0 Å². The Bertz CT molecular complexity index is 1170. The third-order valence-electron chi connectivity index (χ3n) is 4.61. The van der Waals surface area contributed by atoms with Crippen LogP contribution in [0.25, 0.3) is 5.76 Å². The Morgan fingerprint density at radius 3 is 2.37 bits per heavy atom. The van der Waals surface area contributed by atoms with E-state index in [0.29, 0.717) is 11.1 Å². The molecule has 2 heterocycles. The molecule has 0 aliphatic carbocycles. The van der Waals surface area contributed by atoms with Crippen molar-refractivity contribution >= 4 is 55.5 Å². The number of carbonyl (C=O) groups is 2. The van der Waals surface area contributed by atoms with Gasteiger partial charge in [0.05, 0.1) is 16.5 Å². The number of Topliss-reactive ketones (excluding diaryl/α,β-unsaturated/α-hetero) is 1. The lowest BCUT2D eigenvalue weighted by molar-refractivity contribution is -0.384. The fourth-order valence-electron chi connectivity index (χ4n) is 3.22. The molecule has 1 aliphatic heterocycles. The summed E-state index contributed by atoms with van der Waals surface area (Å²) < 4.78 is 0.786. The second-order valence-electron chi connectivity index (χ2n) is 6.34. The first-order valence-corrected chi connectivity index (χ1v) is 10.3. The van der Waals surface area contributed by atoms with E-state index < -0.39 is 22.7 Å². The number of nitro groups is 1. The van der Waals surface area contributed by atoms with E-state index in [4.69, 9.17) is 0 Å². The Morgan fingerprint density at radius 2 is 1.80 bits per heavy atom. The number of rotatable bonds is 4. The van der Waals surface area contributed by atoms with Crippen LogP contribution in [0, 0.1) is 10.1 Å². The number of nitrogens with zero attached hydrogens (tertiary/aromatic N) is 3. The molecule has 1 N–H and O–H groups in total. The molecular formula is C20H12BrN3O5S. The van der Waals surface area contributed by atoms with Crippen LogP contribution < -0.4 is 4.90 Å². The number of aliphatic hydroxyl groups excluding tert-OH is 1. The van der Waals surface area contributed by atoms with Crippen LogP contribution in [0.1, 0.15) is 17.2 Å². The number of non-ortho nitro benzene ring substituents is 1. The minimum Gasteiger partial charge on any atom is -0.507 e. The molecule has 0 bridgehead atoms. The van der Waals surface area contributed by atoms with Gasteiger partial charge in [0, 0.05) is 33.7 Å². The van der Waals surface area contributed by atoms with E-state index in [-0.39, 0.29) is 22.2 Å². The van der Waals surface area contributed by atoms with Crippen molar-refractivity contribution in [2.45, 2.75) is 6.04 Å². The normalized spacial score (nSPS) is 18.0. The lowest BCUT2D eigenvalue weighted by Crippen LogP contribution is -2.29. The number of ketones is 1. The molecule has 0 saturated carbocycles. The number of halogens is 1. The van der Waals surface area contributed by atoms with Crippen molar-refractivity contribution < 1.29 is 19.6 Å². The van der Waals surface area contributed by atoms with E-state index in [2.05, 4.69) is 20.9 Å². The molecule has 3 aromatic rings. The van der Waals surface area contributed by atoms with Crippen molar-refractivity contribution in [3.8, 4) is 0 Å². The summed E-state index contributed by atoms with van der Waals surface area (Å²) in [5.41, 5.74) is 0.570. The third-order valence-corrected chi connectivity index (χ3v) is 5.91. The van der Waals surface area contributed by atoms with E-state index in [1.807, 2.05) is 0 Å². The average Bonchev–Trinajstić information content (AvgIpc) is 3.35. The van der Waals surface area contributed by atoms with Crippen molar-refractivity contribution in [2.24, 2.45) is 0 Å². The van der Waals surface area contributed by atoms with Gasteiger partial charge in [0.25, 0.3) is 11.5 Å². The van der Waals surface area contributed by atoms with Crippen molar-refractivity contribution in [3.05, 3.63) is 91.4 Å². The van der Waals surface area contributed by atoms with Crippen LogP contribution in [-0.4, -0.2) is 26.7 Å². The Labute approximate surface area is 182 Å². The molecule has 1 amide bonds. The number of anilines is 1. The summed E-state index contributed by atoms with van der Waals surface area (Å²) in [6.07, 6.45) is 1.50. The molecule has 1 aliphatic rings. The number of hydrogen-bond acceptors (Lipinski definition) is 7. The second-order valence-corrected chi connectivity index (χ2v) is 8.13. The van der Waals surface area contributed by atoms with Crippen LogP contribution in [0.3, 0.4) is 0 Å². The van der Waals surface area contributed by atoms with Gasteiger partial charge in [0.2, 0.25) is 0 Å². The lowest BCUT2D eigenvalue weighted by Gasteiger charge is -2.22. The number of nitro benzene ring substituents is 1. The van der Waals surface area contributed by atoms with Crippen molar-refractivity contribution in [3.63, 3.8) is 0 Å². The molecule has 1 unspecified atom stereocenters. The minimum absolute atomic E-state index is 0.105. The fourth-order valence-corrected chi connectivity index (χ4v) is 4.15. The second kappa shape index (κ2) is 7.81. The van der Waals surface area contributed by atoms with E-state index >= 15 is 0 Å². The Morgan fingerprint density at radius 1 is 1.13 bits per heavy atom. The minimum atomic E-state index is -0.972. The smallest absolute Gasteiger partial charge is 0.301 e. The van der Waals surface area contributed by atoms with Gasteiger partial charge in [-0.25, -0.2) is 4.98 Å². The summed E-state index contributed by atoms with van der Waals surface area (Å²) in [4.78, 5) is 41.6. The molecule has 4 rings (SSSR count). The van der Waals surface area contributed by atoms with Crippen molar-refractivity contribution in [1.82, 2.24) is 4.98 Å². The summed E-state index contributed by atoms with van der Waals surface area (Å²) in [7, 11) is 0. The fraction of sp³-hybridized carbons (Fsp3) is 0.0500. The molecule has 1 fully saturated rings. The van der Waals surface area contributed by atoms with Gasteiger partial charge in [0.1, 0.15) is 5.76 Å². The number of thiazole rings is 1. The number of carbonyl (C=O) groups excluding carboxylic acids is 2. The molecule has 1 saturated heterocycles. The van der Waals surface area contributed by atoms with Gasteiger partial charge in [-0.15, -0.1) is 11.3 Å². The molecule has 1 aromatic heterocycles. The maximum Gasteiger partial charge on any atom is 0.301 e. The van der Waals surface area contributed by atoms with Crippen molar-refractivity contribution in [1.29, 1.82) is 0 Å². The van der Waals surface area contributed by atoms with Gasteiger partial charge >= 0.3 is 5.91 Å². The number of aromatic nitrogens is 1. The topological polar surface area (TPSA) is 114 Å². The maximum absolute atomic E-state index is 12.9. The first-order valence-electron chi connectivity index (χ1n) is 8.59. The largest absolute Gasteiger partial charge is 0.507 e. The Balaban J connectivity index is 1.91. The molecule has 2 aromatic carbocycles. The van der Waals surface area contributed by atoms with Crippen LogP contribution in [0.15, 0.2) is 70.2 Å². The highest BCUT2D eigenvalue weighted by Crippen LogP contribution is 2.43. The number of benzene rings is 2. The Hall–Kier alpha value is -3.37. The van der Waals surface area contributed by atoms with Gasteiger partial charge in [-0.3, -0.25) is 24.6 Å². The number of amides is 1. The molecule has 0 spiro atoms. The summed E-state index contributed by atoms with van der Waals surface area (Å²) in [5, 5.41) is 23.9. The van der Waals surface area contributed by atoms with Crippen LogP contribution in [0.4, 0.5) is 10.8 Å². The van der Waals surface area contributed by atoms with Gasteiger partial charge in [0.15, 0.2) is 5.13 Å². The summed E-state index contributed by atoms with van der Waals surface area (Å²) >= 11 is 4.48. The van der Waals surface area contributed by atoms with Gasteiger partial charge < -0.3 is 5.11 Å². The van der Waals surface area contributed by atoms with Crippen LogP contribution in [0.5, 0.6) is 0 Å². The van der Waals surface area contributed by atoms with Crippen LogP contribution in [-0.2, 0) is 9.59 Å². The first kappa shape index (κ1) is 19.9. The quantitative estimate of drug-likeness (QED) is 0.192. The molecule has 8 nitrogen and oxygen atoms in total. The lowest BCUT2D eigenvalue weighted by atomic mass is 9.95. The maximum atomic E-state index is 12.9. The van der Waals surface area contributed by atoms with Gasteiger partial charge in [-0.05, 0) is 29.8 Å². The van der Waals surface area contributed by atoms with Crippen molar-refractivity contribution in [2.75, 3.05) is 4.90 Å². The zero-order valence-electron chi connectivity index (χ0n) is 15.1. The van der Waals surface area contributed by atoms with E-state index in [1.54, 1.807) is 29.6 Å². The van der Waals surface area contributed by atoms with Crippen LogP contribution in [0.2, 0.25) is 0 Å². The predicted octanol–water partition coefficient (Wildman–Crippen LogP) is 4.44. The van der Waals surface area contributed by atoms with Crippen LogP contribution >= 0.6 is 27.3 Å². The summed E-state index contributed by atoms with van der Waals surface area (Å²) in [5.74, 6) is -2.01. The molecular weight excluding hydrogens is 474 g/mol. The monoisotopic (exact) mass is 485 g/mol. The SMILES string of the molecule is O=C1C(=O)N(c2nccs2)C(c2ccc([N+](=O)[O-])cc2)C1=C(O)c1ccc(Br)cc1. The van der Waals surface area contributed by atoms with Gasteiger partial charge in [-0.1, -0.05) is 28.1 Å². The van der Waals surface area contributed by atoms with E-state index in [0.717, 1.165) is 4.47 Å². The Kier molecular flexibility index (Phi) is 5.18. The molecule has 10 heteroatoms. The highest BCUT2D eigenvalue weighted by atomic mass is 79.9. The number of hydrogen-bond donors (Lipinski definition) is 1. The summed E-state index contributed by atoms with van der Waals surface area (Å²) in [6.45, 7) is 0. The van der Waals surface area contributed by atoms with E-state index in [1.165, 1.54) is 46.7 Å². The zero-order chi connectivity index (χ0) is 21.4. The standard InChI is InChI=1S/C20H12BrN3O5S/c21-13-5-1-12(2-6-13)17(25)15-16(11-3-7-14(8-4-11)24(28)29)23(19(27)18(15)26)20-22-9-10-30-20/h1-10,16,25H. The molecule has 0 radical (unpaired) electrons. The van der Waals surface area contributed by atoms with E-state index in [9.17, 15) is 24.8 Å². The third kappa shape index (κ3) is 3.40. The zero-order valence-corrected chi connectivity index (χ0v) is 17.5. The molecule has 150 valence electrons.